The molecule has 0 amide bonds. The Labute approximate surface area is 191 Å². The first-order chi connectivity index (χ1) is 15.5. The summed E-state index contributed by atoms with van der Waals surface area (Å²) in [5, 5.41) is 2.63. The second-order valence-electron chi connectivity index (χ2n) is 8.80. The first-order valence-electron chi connectivity index (χ1n) is 11.3. The van der Waals surface area contributed by atoms with Gasteiger partial charge in [-0.3, -0.25) is 0 Å². The molecule has 0 radical (unpaired) electrons. The lowest BCUT2D eigenvalue weighted by atomic mass is 9.86. The van der Waals surface area contributed by atoms with E-state index in [-0.39, 0.29) is 0 Å². The maximum Gasteiger partial charge on any atom is -0.00989 e. The lowest BCUT2D eigenvalue weighted by Crippen LogP contribution is -1.93. The molecule has 0 saturated heterocycles. The van der Waals surface area contributed by atoms with Crippen molar-refractivity contribution in [3.05, 3.63) is 119 Å². The van der Waals surface area contributed by atoms with Gasteiger partial charge in [0, 0.05) is 0 Å². The highest BCUT2D eigenvalue weighted by Gasteiger charge is 2.14. The van der Waals surface area contributed by atoms with Crippen LogP contribution in [0.15, 0.2) is 97.1 Å². The summed E-state index contributed by atoms with van der Waals surface area (Å²) in [6.45, 7) is 8.86. The van der Waals surface area contributed by atoms with Crippen LogP contribution in [0.5, 0.6) is 0 Å². The highest BCUT2D eigenvalue weighted by molar-refractivity contribution is 6.03. The standard InChI is InChI=1S/C32H28/c1-21-11-5-7-13-26(21)28-18-17-25(19-23(28)3)32-20-31(27-14-8-6-12-22(27)2)24(4)29-15-9-10-16-30(29)32/h5-20H,1-4H3. The van der Waals surface area contributed by atoms with Gasteiger partial charge in [0.05, 0.1) is 0 Å². The molecule has 0 aliphatic carbocycles. The summed E-state index contributed by atoms with van der Waals surface area (Å²) in [5.74, 6) is 0. The van der Waals surface area contributed by atoms with Crippen LogP contribution in [0.2, 0.25) is 0 Å². The van der Waals surface area contributed by atoms with Gasteiger partial charge in [-0.25, -0.2) is 0 Å². The highest BCUT2D eigenvalue weighted by Crippen LogP contribution is 2.39. The monoisotopic (exact) mass is 412 g/mol. The molecule has 0 aromatic heterocycles. The first-order valence-corrected chi connectivity index (χ1v) is 11.3. The van der Waals surface area contributed by atoms with Crippen molar-refractivity contribution in [1.29, 1.82) is 0 Å². The summed E-state index contributed by atoms with van der Waals surface area (Å²) < 4.78 is 0. The van der Waals surface area contributed by atoms with Crippen molar-refractivity contribution in [2.24, 2.45) is 0 Å². The van der Waals surface area contributed by atoms with Gasteiger partial charge < -0.3 is 0 Å². The van der Waals surface area contributed by atoms with Gasteiger partial charge in [-0.05, 0) is 100 Å². The van der Waals surface area contributed by atoms with E-state index in [9.17, 15) is 0 Å². The second-order valence-corrected chi connectivity index (χ2v) is 8.80. The van der Waals surface area contributed by atoms with E-state index in [2.05, 4.69) is 125 Å². The van der Waals surface area contributed by atoms with Crippen LogP contribution in [0.4, 0.5) is 0 Å². The predicted molar refractivity (Wildman–Crippen MR) is 139 cm³/mol. The summed E-state index contributed by atoms with van der Waals surface area (Å²) >= 11 is 0. The minimum Gasteiger partial charge on any atom is -0.0620 e. The van der Waals surface area contributed by atoms with Crippen molar-refractivity contribution in [2.45, 2.75) is 27.7 Å². The normalized spacial score (nSPS) is 11.1. The van der Waals surface area contributed by atoms with E-state index in [1.807, 2.05) is 0 Å². The van der Waals surface area contributed by atoms with E-state index < -0.39 is 0 Å². The molecule has 0 spiro atoms. The van der Waals surface area contributed by atoms with Crippen LogP contribution in [0.3, 0.4) is 0 Å². The molecule has 0 unspecified atom stereocenters. The Morgan fingerprint density at radius 1 is 0.375 bits per heavy atom. The Morgan fingerprint density at radius 2 is 0.906 bits per heavy atom. The fraction of sp³-hybridized carbons (Fsp3) is 0.125. The van der Waals surface area contributed by atoms with Gasteiger partial charge in [0.25, 0.3) is 0 Å². The van der Waals surface area contributed by atoms with Gasteiger partial charge in [0.2, 0.25) is 0 Å². The molecule has 0 bridgehead atoms. The number of aryl methyl sites for hydroxylation is 4. The van der Waals surface area contributed by atoms with E-state index in [1.54, 1.807) is 0 Å². The average molecular weight is 413 g/mol. The number of benzene rings is 5. The molecule has 0 N–H and O–H groups in total. The van der Waals surface area contributed by atoms with Crippen LogP contribution in [-0.4, -0.2) is 0 Å². The van der Waals surface area contributed by atoms with E-state index in [4.69, 9.17) is 0 Å². The number of hydrogen-bond donors (Lipinski definition) is 0. The van der Waals surface area contributed by atoms with Gasteiger partial charge in [-0.2, -0.15) is 0 Å². The minimum absolute atomic E-state index is 1.27. The van der Waals surface area contributed by atoms with Crippen LogP contribution in [0, 0.1) is 27.7 Å². The third-order valence-electron chi connectivity index (χ3n) is 6.72. The summed E-state index contributed by atoms with van der Waals surface area (Å²) in [5.41, 5.74) is 13.1. The number of fused-ring (bicyclic) bond motifs is 1. The van der Waals surface area contributed by atoms with Gasteiger partial charge in [-0.1, -0.05) is 91.0 Å². The Hall–Kier alpha value is -3.64. The maximum atomic E-state index is 2.39. The van der Waals surface area contributed by atoms with Crippen LogP contribution in [0.25, 0.3) is 44.2 Å². The van der Waals surface area contributed by atoms with Crippen molar-refractivity contribution >= 4 is 10.8 Å². The maximum absolute atomic E-state index is 2.39. The van der Waals surface area contributed by atoms with E-state index in [1.165, 1.54) is 66.4 Å². The van der Waals surface area contributed by atoms with Crippen molar-refractivity contribution in [2.75, 3.05) is 0 Å². The minimum atomic E-state index is 1.27. The van der Waals surface area contributed by atoms with Gasteiger partial charge in [0.1, 0.15) is 0 Å². The van der Waals surface area contributed by atoms with E-state index in [0.717, 1.165) is 0 Å². The van der Waals surface area contributed by atoms with Crippen LogP contribution >= 0.6 is 0 Å². The Balaban J connectivity index is 1.74. The Bertz CT molecular complexity index is 1450. The largest absolute Gasteiger partial charge is 0.0620 e. The van der Waals surface area contributed by atoms with Crippen LogP contribution < -0.4 is 0 Å². The molecule has 32 heavy (non-hydrogen) atoms. The zero-order valence-electron chi connectivity index (χ0n) is 19.2. The summed E-state index contributed by atoms with van der Waals surface area (Å²) in [6, 6.07) is 35.4. The van der Waals surface area contributed by atoms with Gasteiger partial charge in [0.15, 0.2) is 0 Å². The molecule has 0 aliphatic heterocycles. The predicted octanol–water partition coefficient (Wildman–Crippen LogP) is 9.07. The quantitative estimate of drug-likeness (QED) is 0.277. The molecule has 0 heteroatoms. The van der Waals surface area contributed by atoms with Gasteiger partial charge in [-0.15, -0.1) is 0 Å². The zero-order chi connectivity index (χ0) is 22.2. The fourth-order valence-corrected chi connectivity index (χ4v) is 4.92. The Morgan fingerprint density at radius 3 is 1.53 bits per heavy atom. The summed E-state index contributed by atoms with van der Waals surface area (Å²) in [4.78, 5) is 0. The Kier molecular flexibility index (Phi) is 5.15. The van der Waals surface area contributed by atoms with E-state index in [0.29, 0.717) is 0 Å². The molecule has 5 rings (SSSR count). The molecular weight excluding hydrogens is 384 g/mol. The topological polar surface area (TPSA) is 0 Å². The molecule has 0 atom stereocenters. The molecule has 0 saturated carbocycles. The molecule has 0 fully saturated rings. The van der Waals surface area contributed by atoms with Crippen LogP contribution in [-0.2, 0) is 0 Å². The van der Waals surface area contributed by atoms with E-state index >= 15 is 0 Å². The molecule has 156 valence electrons. The number of rotatable bonds is 3. The lowest BCUT2D eigenvalue weighted by molar-refractivity contribution is 1.40. The first kappa shape index (κ1) is 20.3. The summed E-state index contributed by atoms with van der Waals surface area (Å²) in [7, 11) is 0. The van der Waals surface area contributed by atoms with Crippen molar-refractivity contribution < 1.29 is 0 Å². The van der Waals surface area contributed by atoms with Crippen molar-refractivity contribution in [3.63, 3.8) is 0 Å². The molecule has 5 aromatic carbocycles. The molecule has 0 aliphatic rings. The zero-order valence-corrected chi connectivity index (χ0v) is 19.2. The fourth-order valence-electron chi connectivity index (χ4n) is 4.92. The highest BCUT2D eigenvalue weighted by atomic mass is 14.2. The average Bonchev–Trinajstić information content (AvgIpc) is 2.81. The molecule has 0 nitrogen and oxygen atoms in total. The number of hydrogen-bond acceptors (Lipinski definition) is 0. The van der Waals surface area contributed by atoms with Crippen molar-refractivity contribution in [1.82, 2.24) is 0 Å². The third-order valence-corrected chi connectivity index (χ3v) is 6.72. The SMILES string of the molecule is Cc1ccccc1-c1ccc(-c2cc(-c3ccccc3C)c(C)c3ccccc23)cc1C. The lowest BCUT2D eigenvalue weighted by Gasteiger charge is -2.17. The van der Waals surface area contributed by atoms with Crippen molar-refractivity contribution in [3.8, 4) is 33.4 Å². The smallest absolute Gasteiger partial charge is 0.00989 e. The molecular formula is C32H28. The van der Waals surface area contributed by atoms with Gasteiger partial charge >= 0.3 is 0 Å². The van der Waals surface area contributed by atoms with Crippen LogP contribution in [0.1, 0.15) is 22.3 Å². The molecule has 0 heterocycles. The second kappa shape index (κ2) is 8.13. The molecule has 5 aromatic rings. The summed E-state index contributed by atoms with van der Waals surface area (Å²) in [6.07, 6.45) is 0. The third kappa shape index (κ3) is 3.42.